The second-order valence-electron chi connectivity index (χ2n) is 5.04. The van der Waals surface area contributed by atoms with E-state index in [1.54, 1.807) is 0 Å². The van der Waals surface area contributed by atoms with Crippen LogP contribution in [0.3, 0.4) is 0 Å². The van der Waals surface area contributed by atoms with Crippen LogP contribution >= 0.6 is 0 Å². The third-order valence-electron chi connectivity index (χ3n) is 3.72. The summed E-state index contributed by atoms with van der Waals surface area (Å²) in [4.78, 5) is 12.9. The van der Waals surface area contributed by atoms with E-state index in [1.165, 1.54) is 0 Å². The average Bonchev–Trinajstić information content (AvgIpc) is 2.33. The van der Waals surface area contributed by atoms with Gasteiger partial charge in [-0.1, -0.05) is 12.1 Å². The molecule has 1 aliphatic heterocycles. The third-order valence-corrected chi connectivity index (χ3v) is 3.72. The maximum Gasteiger partial charge on any atom is 0.303 e. The largest absolute Gasteiger partial charge is 0.481 e. The highest BCUT2D eigenvalue weighted by molar-refractivity contribution is 5.71. The molecule has 0 saturated carbocycles. The first-order chi connectivity index (χ1) is 8.58. The Bertz CT molecular complexity index is 437. The van der Waals surface area contributed by atoms with E-state index < -0.39 is 5.97 Å². The number of benzene rings is 1. The summed E-state index contributed by atoms with van der Waals surface area (Å²) in [6.45, 7) is 3.80. The molecule has 1 aromatic carbocycles. The maximum atomic E-state index is 10.7. The number of hydrogen-bond acceptors (Lipinski definition) is 3. The SMILES string of the molecule is Cc1cccc(N2CCC(CC(=O)O)CC2)c1N. The summed E-state index contributed by atoms with van der Waals surface area (Å²) in [7, 11) is 0. The summed E-state index contributed by atoms with van der Waals surface area (Å²) in [6, 6.07) is 6.07. The molecule has 18 heavy (non-hydrogen) atoms. The molecule has 2 rings (SSSR count). The molecule has 0 aliphatic carbocycles. The van der Waals surface area contributed by atoms with E-state index in [2.05, 4.69) is 4.90 Å². The molecule has 1 aliphatic rings. The molecule has 0 bridgehead atoms. The van der Waals surface area contributed by atoms with Crippen LogP contribution in [0.1, 0.15) is 24.8 Å². The van der Waals surface area contributed by atoms with E-state index in [4.69, 9.17) is 10.8 Å². The van der Waals surface area contributed by atoms with Crippen molar-refractivity contribution >= 4 is 17.3 Å². The van der Waals surface area contributed by atoms with Gasteiger partial charge < -0.3 is 15.7 Å². The van der Waals surface area contributed by atoms with E-state index >= 15 is 0 Å². The predicted octanol–water partition coefficient (Wildman–Crippen LogP) is 2.27. The van der Waals surface area contributed by atoms with Crippen molar-refractivity contribution in [1.29, 1.82) is 0 Å². The van der Waals surface area contributed by atoms with Gasteiger partial charge in [-0.15, -0.1) is 0 Å². The van der Waals surface area contributed by atoms with Crippen molar-refractivity contribution in [2.24, 2.45) is 5.92 Å². The monoisotopic (exact) mass is 248 g/mol. The minimum atomic E-state index is -0.691. The summed E-state index contributed by atoms with van der Waals surface area (Å²) >= 11 is 0. The number of rotatable bonds is 3. The van der Waals surface area contributed by atoms with Crippen molar-refractivity contribution in [3.05, 3.63) is 23.8 Å². The van der Waals surface area contributed by atoms with E-state index in [1.807, 2.05) is 25.1 Å². The highest BCUT2D eigenvalue weighted by atomic mass is 16.4. The summed E-state index contributed by atoms with van der Waals surface area (Å²) in [6.07, 6.45) is 2.15. The quantitative estimate of drug-likeness (QED) is 0.805. The number of piperidine rings is 1. The molecule has 1 fully saturated rings. The predicted molar refractivity (Wildman–Crippen MR) is 72.8 cm³/mol. The number of carbonyl (C=O) groups is 1. The Morgan fingerprint density at radius 1 is 1.44 bits per heavy atom. The summed E-state index contributed by atoms with van der Waals surface area (Å²) < 4.78 is 0. The second-order valence-corrected chi connectivity index (χ2v) is 5.04. The van der Waals surface area contributed by atoms with Crippen LogP contribution in [0.4, 0.5) is 11.4 Å². The molecule has 0 amide bonds. The van der Waals surface area contributed by atoms with Crippen molar-refractivity contribution in [2.75, 3.05) is 23.7 Å². The van der Waals surface area contributed by atoms with E-state index in [9.17, 15) is 4.79 Å². The van der Waals surface area contributed by atoms with Gasteiger partial charge >= 0.3 is 5.97 Å². The molecule has 0 atom stereocenters. The Morgan fingerprint density at radius 2 is 2.11 bits per heavy atom. The number of para-hydroxylation sites is 1. The Kier molecular flexibility index (Phi) is 3.75. The lowest BCUT2D eigenvalue weighted by Crippen LogP contribution is -2.34. The normalized spacial score (nSPS) is 16.8. The summed E-state index contributed by atoms with van der Waals surface area (Å²) in [5, 5.41) is 8.80. The Labute approximate surface area is 107 Å². The average molecular weight is 248 g/mol. The van der Waals surface area contributed by atoms with Crippen LogP contribution in [0, 0.1) is 12.8 Å². The zero-order chi connectivity index (χ0) is 13.1. The summed E-state index contributed by atoms with van der Waals surface area (Å²) in [5.41, 5.74) is 9.12. The maximum absolute atomic E-state index is 10.7. The number of anilines is 2. The lowest BCUT2D eigenvalue weighted by Gasteiger charge is -2.34. The van der Waals surface area contributed by atoms with Crippen LogP contribution in [-0.2, 0) is 4.79 Å². The van der Waals surface area contributed by atoms with Gasteiger partial charge in [0.2, 0.25) is 0 Å². The molecule has 0 aromatic heterocycles. The molecule has 3 N–H and O–H groups in total. The van der Waals surface area contributed by atoms with Gasteiger partial charge in [0.25, 0.3) is 0 Å². The third kappa shape index (κ3) is 2.75. The van der Waals surface area contributed by atoms with E-state index in [-0.39, 0.29) is 6.42 Å². The zero-order valence-corrected chi connectivity index (χ0v) is 10.7. The van der Waals surface area contributed by atoms with Crippen LogP contribution in [0.15, 0.2) is 18.2 Å². The number of carboxylic acids is 1. The smallest absolute Gasteiger partial charge is 0.303 e. The molecule has 1 aromatic rings. The number of nitrogens with zero attached hydrogens (tertiary/aromatic N) is 1. The van der Waals surface area contributed by atoms with Gasteiger partial charge in [-0.25, -0.2) is 0 Å². The zero-order valence-electron chi connectivity index (χ0n) is 10.7. The first-order valence-electron chi connectivity index (χ1n) is 6.39. The number of nitrogens with two attached hydrogens (primary N) is 1. The van der Waals surface area contributed by atoms with Gasteiger partial charge in [-0.05, 0) is 37.3 Å². The van der Waals surface area contributed by atoms with Gasteiger partial charge in [0.1, 0.15) is 0 Å². The molecule has 98 valence electrons. The van der Waals surface area contributed by atoms with Crippen molar-refractivity contribution in [3.8, 4) is 0 Å². The fourth-order valence-corrected chi connectivity index (χ4v) is 2.57. The van der Waals surface area contributed by atoms with Gasteiger partial charge in [-0.2, -0.15) is 0 Å². The molecule has 0 radical (unpaired) electrons. The van der Waals surface area contributed by atoms with E-state index in [0.29, 0.717) is 5.92 Å². The first-order valence-corrected chi connectivity index (χ1v) is 6.39. The molecule has 4 nitrogen and oxygen atoms in total. The number of aliphatic carboxylic acids is 1. The molecule has 1 saturated heterocycles. The summed E-state index contributed by atoms with van der Waals surface area (Å²) in [5.74, 6) is -0.381. The molecule has 0 spiro atoms. The van der Waals surface area contributed by atoms with Crippen molar-refractivity contribution in [3.63, 3.8) is 0 Å². The molecular formula is C14H20N2O2. The highest BCUT2D eigenvalue weighted by Crippen LogP contribution is 2.30. The van der Waals surface area contributed by atoms with Crippen LogP contribution in [0.25, 0.3) is 0 Å². The fourth-order valence-electron chi connectivity index (χ4n) is 2.57. The number of hydrogen-bond donors (Lipinski definition) is 2. The van der Waals surface area contributed by atoms with Crippen molar-refractivity contribution in [2.45, 2.75) is 26.2 Å². The Balaban J connectivity index is 2.01. The standard InChI is InChI=1S/C14H20N2O2/c1-10-3-2-4-12(14(10)15)16-7-5-11(6-8-16)9-13(17)18/h2-4,11H,5-9,15H2,1H3,(H,17,18). The van der Waals surface area contributed by atoms with Crippen LogP contribution in [-0.4, -0.2) is 24.2 Å². The highest BCUT2D eigenvalue weighted by Gasteiger charge is 2.22. The lowest BCUT2D eigenvalue weighted by atomic mass is 9.93. The van der Waals surface area contributed by atoms with Crippen molar-refractivity contribution < 1.29 is 9.90 Å². The van der Waals surface area contributed by atoms with Crippen LogP contribution in [0.2, 0.25) is 0 Å². The molecule has 4 heteroatoms. The number of aryl methyl sites for hydroxylation is 1. The van der Waals surface area contributed by atoms with Gasteiger partial charge in [0, 0.05) is 19.5 Å². The van der Waals surface area contributed by atoms with Crippen molar-refractivity contribution in [1.82, 2.24) is 0 Å². The number of nitrogen functional groups attached to an aromatic ring is 1. The van der Waals surface area contributed by atoms with Crippen LogP contribution < -0.4 is 10.6 Å². The fraction of sp³-hybridized carbons (Fsp3) is 0.500. The molecular weight excluding hydrogens is 228 g/mol. The van der Waals surface area contributed by atoms with E-state index in [0.717, 1.165) is 42.9 Å². The number of carboxylic acid groups (broad SMARTS) is 1. The van der Waals surface area contributed by atoms with Gasteiger partial charge in [0.15, 0.2) is 0 Å². The molecule has 0 unspecified atom stereocenters. The second kappa shape index (κ2) is 5.29. The molecule has 1 heterocycles. The topological polar surface area (TPSA) is 66.6 Å². The van der Waals surface area contributed by atoms with Gasteiger partial charge in [-0.3, -0.25) is 4.79 Å². The van der Waals surface area contributed by atoms with Gasteiger partial charge in [0.05, 0.1) is 11.4 Å². The lowest BCUT2D eigenvalue weighted by molar-refractivity contribution is -0.138. The van der Waals surface area contributed by atoms with Crippen LogP contribution in [0.5, 0.6) is 0 Å². The Morgan fingerprint density at radius 3 is 2.72 bits per heavy atom. The first kappa shape index (κ1) is 12.7. The minimum Gasteiger partial charge on any atom is -0.481 e. The Hall–Kier alpha value is -1.71. The minimum absolute atomic E-state index is 0.289.